The topological polar surface area (TPSA) is 34.9 Å². The molecule has 0 atom stereocenters. The zero-order chi connectivity index (χ0) is 12.4. The smallest absolute Gasteiger partial charge is 0.211 e. The van der Waals surface area contributed by atoms with Crippen LogP contribution in [0.5, 0.6) is 0 Å². The van der Waals surface area contributed by atoms with Crippen LogP contribution in [0.2, 0.25) is 0 Å². The summed E-state index contributed by atoms with van der Waals surface area (Å²) in [5, 5.41) is 4.12. The van der Waals surface area contributed by atoms with Gasteiger partial charge in [0.1, 0.15) is 5.69 Å². The van der Waals surface area contributed by atoms with Gasteiger partial charge in [0.15, 0.2) is 0 Å². The van der Waals surface area contributed by atoms with Crippen LogP contribution in [0.3, 0.4) is 0 Å². The first kappa shape index (κ1) is 11.6. The first-order valence-electron chi connectivity index (χ1n) is 5.77. The lowest BCUT2D eigenvalue weighted by atomic mass is 10.0. The highest BCUT2D eigenvalue weighted by Crippen LogP contribution is 2.15. The number of benzene rings is 1. The van der Waals surface area contributed by atoms with Crippen molar-refractivity contribution in [2.24, 2.45) is 0 Å². The summed E-state index contributed by atoms with van der Waals surface area (Å²) >= 11 is 0. The maximum Gasteiger partial charge on any atom is 0.211 e. The molecule has 17 heavy (non-hydrogen) atoms. The van der Waals surface area contributed by atoms with E-state index in [4.69, 9.17) is 0 Å². The van der Waals surface area contributed by atoms with Crippen molar-refractivity contribution < 1.29 is 4.79 Å². The van der Waals surface area contributed by atoms with E-state index in [0.29, 0.717) is 12.2 Å². The van der Waals surface area contributed by atoms with E-state index in [0.717, 1.165) is 11.1 Å². The summed E-state index contributed by atoms with van der Waals surface area (Å²) in [5.74, 6) is 0.0434. The summed E-state index contributed by atoms with van der Waals surface area (Å²) in [5.41, 5.74) is 3.59. The van der Waals surface area contributed by atoms with Gasteiger partial charge in [-0.3, -0.25) is 9.48 Å². The lowest BCUT2D eigenvalue weighted by molar-refractivity contribution is 0.102. The molecule has 0 unspecified atom stereocenters. The average molecular weight is 228 g/mol. The first-order chi connectivity index (χ1) is 8.13. The third-order valence-electron chi connectivity index (χ3n) is 2.88. The van der Waals surface area contributed by atoms with Crippen molar-refractivity contribution in [1.82, 2.24) is 9.78 Å². The Kier molecular flexibility index (Phi) is 3.09. The minimum atomic E-state index is 0.0434. The van der Waals surface area contributed by atoms with Gasteiger partial charge in [-0.2, -0.15) is 5.10 Å². The fourth-order valence-electron chi connectivity index (χ4n) is 1.98. The van der Waals surface area contributed by atoms with Crippen molar-refractivity contribution in [3.05, 3.63) is 52.8 Å². The normalized spacial score (nSPS) is 10.5. The maximum atomic E-state index is 12.4. The van der Waals surface area contributed by atoms with E-state index in [1.54, 1.807) is 16.9 Å². The standard InChI is InChI=1S/C14H16N2O/c1-4-16-13(7-8-15-16)14(17)12-6-5-10(2)9-11(12)3/h5-9H,4H2,1-3H3. The van der Waals surface area contributed by atoms with E-state index in [9.17, 15) is 4.79 Å². The molecule has 0 spiro atoms. The quantitative estimate of drug-likeness (QED) is 0.757. The van der Waals surface area contributed by atoms with Gasteiger partial charge in [0.25, 0.3) is 0 Å². The number of hydrogen-bond donors (Lipinski definition) is 0. The lowest BCUT2D eigenvalue weighted by Gasteiger charge is -2.07. The van der Waals surface area contributed by atoms with Crippen molar-refractivity contribution in [2.45, 2.75) is 27.3 Å². The third kappa shape index (κ3) is 2.13. The summed E-state index contributed by atoms with van der Waals surface area (Å²) in [6.07, 6.45) is 1.67. The summed E-state index contributed by atoms with van der Waals surface area (Å²) in [4.78, 5) is 12.4. The second kappa shape index (κ2) is 4.53. The number of nitrogens with zero attached hydrogens (tertiary/aromatic N) is 2. The van der Waals surface area contributed by atoms with E-state index in [-0.39, 0.29) is 5.78 Å². The van der Waals surface area contributed by atoms with Crippen LogP contribution in [0.25, 0.3) is 0 Å². The molecule has 1 heterocycles. The summed E-state index contributed by atoms with van der Waals surface area (Å²) in [7, 11) is 0. The highest BCUT2D eigenvalue weighted by atomic mass is 16.1. The Morgan fingerprint density at radius 1 is 1.29 bits per heavy atom. The molecule has 2 rings (SSSR count). The molecule has 3 nitrogen and oxygen atoms in total. The Hall–Kier alpha value is -1.90. The van der Waals surface area contributed by atoms with Crippen LogP contribution in [0, 0.1) is 13.8 Å². The molecule has 1 aromatic heterocycles. The van der Waals surface area contributed by atoms with Gasteiger partial charge in [-0.25, -0.2) is 0 Å². The Bertz CT molecular complexity index is 555. The second-order valence-corrected chi connectivity index (χ2v) is 4.18. The number of carbonyl (C=O) groups is 1. The van der Waals surface area contributed by atoms with Gasteiger partial charge < -0.3 is 0 Å². The van der Waals surface area contributed by atoms with Crippen LogP contribution in [-0.2, 0) is 6.54 Å². The predicted octanol–water partition coefficient (Wildman–Crippen LogP) is 2.75. The molecule has 0 fully saturated rings. The number of ketones is 1. The number of rotatable bonds is 3. The molecule has 0 saturated carbocycles. The highest BCUT2D eigenvalue weighted by Gasteiger charge is 2.15. The molecule has 88 valence electrons. The van der Waals surface area contributed by atoms with Crippen LogP contribution >= 0.6 is 0 Å². The van der Waals surface area contributed by atoms with E-state index in [1.807, 2.05) is 39.0 Å². The van der Waals surface area contributed by atoms with Gasteiger partial charge in [0.2, 0.25) is 5.78 Å². The molecule has 0 radical (unpaired) electrons. The Balaban J connectivity index is 2.44. The van der Waals surface area contributed by atoms with Crippen LogP contribution in [-0.4, -0.2) is 15.6 Å². The molecule has 1 aromatic carbocycles. The molecule has 0 amide bonds. The van der Waals surface area contributed by atoms with Crippen molar-refractivity contribution in [3.63, 3.8) is 0 Å². The summed E-state index contributed by atoms with van der Waals surface area (Å²) < 4.78 is 1.72. The summed E-state index contributed by atoms with van der Waals surface area (Å²) in [6.45, 7) is 6.68. The summed E-state index contributed by atoms with van der Waals surface area (Å²) in [6, 6.07) is 7.65. The first-order valence-corrected chi connectivity index (χ1v) is 5.77. The van der Waals surface area contributed by atoms with Crippen molar-refractivity contribution in [2.75, 3.05) is 0 Å². The number of aromatic nitrogens is 2. The fraction of sp³-hybridized carbons (Fsp3) is 0.286. The number of aryl methyl sites for hydroxylation is 3. The van der Waals surface area contributed by atoms with Crippen LogP contribution < -0.4 is 0 Å². The largest absolute Gasteiger partial charge is 0.287 e. The number of carbonyl (C=O) groups excluding carboxylic acids is 1. The lowest BCUT2D eigenvalue weighted by Crippen LogP contribution is -2.11. The molecule has 3 heteroatoms. The monoisotopic (exact) mass is 228 g/mol. The molecule has 0 aliphatic heterocycles. The predicted molar refractivity (Wildman–Crippen MR) is 67.2 cm³/mol. The molecule has 0 saturated heterocycles. The van der Waals surface area contributed by atoms with Gasteiger partial charge in [0, 0.05) is 18.3 Å². The van der Waals surface area contributed by atoms with Gasteiger partial charge in [-0.05, 0) is 32.4 Å². The van der Waals surface area contributed by atoms with E-state index in [1.165, 1.54) is 5.56 Å². The maximum absolute atomic E-state index is 12.4. The Morgan fingerprint density at radius 3 is 2.71 bits per heavy atom. The van der Waals surface area contributed by atoms with Crippen molar-refractivity contribution >= 4 is 5.78 Å². The molecule has 0 aliphatic carbocycles. The molecule has 0 aliphatic rings. The fourth-order valence-corrected chi connectivity index (χ4v) is 1.98. The molecule has 0 N–H and O–H groups in total. The highest BCUT2D eigenvalue weighted by molar-refractivity contribution is 6.08. The van der Waals surface area contributed by atoms with Crippen LogP contribution in [0.1, 0.15) is 34.1 Å². The number of hydrogen-bond acceptors (Lipinski definition) is 2. The van der Waals surface area contributed by atoms with Gasteiger partial charge in [-0.15, -0.1) is 0 Å². The van der Waals surface area contributed by atoms with Gasteiger partial charge >= 0.3 is 0 Å². The van der Waals surface area contributed by atoms with Gasteiger partial charge in [-0.1, -0.05) is 23.8 Å². The zero-order valence-corrected chi connectivity index (χ0v) is 10.4. The minimum absolute atomic E-state index is 0.0434. The van der Waals surface area contributed by atoms with E-state index >= 15 is 0 Å². The second-order valence-electron chi connectivity index (χ2n) is 4.18. The van der Waals surface area contributed by atoms with Crippen molar-refractivity contribution in [1.29, 1.82) is 0 Å². The third-order valence-corrected chi connectivity index (χ3v) is 2.88. The molecular formula is C14H16N2O. The molecule has 2 aromatic rings. The molecule has 0 bridgehead atoms. The van der Waals surface area contributed by atoms with E-state index < -0.39 is 0 Å². The van der Waals surface area contributed by atoms with Crippen LogP contribution in [0.15, 0.2) is 30.5 Å². The molecular weight excluding hydrogens is 212 g/mol. The van der Waals surface area contributed by atoms with Gasteiger partial charge in [0.05, 0.1) is 0 Å². The Labute approximate surface area is 101 Å². The van der Waals surface area contributed by atoms with E-state index in [2.05, 4.69) is 5.10 Å². The SMILES string of the molecule is CCn1nccc1C(=O)c1ccc(C)cc1C. The minimum Gasteiger partial charge on any atom is -0.287 e. The van der Waals surface area contributed by atoms with Crippen LogP contribution in [0.4, 0.5) is 0 Å². The zero-order valence-electron chi connectivity index (χ0n) is 10.4. The average Bonchev–Trinajstić information content (AvgIpc) is 2.76. The Morgan fingerprint density at radius 2 is 2.06 bits per heavy atom. The van der Waals surface area contributed by atoms with Crippen molar-refractivity contribution in [3.8, 4) is 0 Å².